The maximum atomic E-state index is 12.2. The Hall–Kier alpha value is -2.71. The van der Waals surface area contributed by atoms with Gasteiger partial charge in [0.15, 0.2) is 6.61 Å². The molecule has 1 atom stereocenters. The van der Waals surface area contributed by atoms with Crippen LogP contribution in [-0.4, -0.2) is 35.9 Å². The van der Waals surface area contributed by atoms with Crippen molar-refractivity contribution in [2.75, 3.05) is 11.9 Å². The molecular formula is C16H17F3N2O4. The van der Waals surface area contributed by atoms with Crippen LogP contribution < -0.4 is 10.6 Å². The van der Waals surface area contributed by atoms with Gasteiger partial charge in [-0.25, -0.2) is 4.79 Å². The first-order valence-electron chi connectivity index (χ1n) is 7.56. The summed E-state index contributed by atoms with van der Waals surface area (Å²) in [5.41, 5.74) is -0.0816. The number of amides is 2. The average molecular weight is 358 g/mol. The molecule has 0 unspecified atom stereocenters. The molecule has 2 amide bonds. The average Bonchev–Trinajstić information content (AvgIpc) is 2.55. The number of ether oxygens (including phenoxy) is 1. The quantitative estimate of drug-likeness (QED) is 0.569. The second-order valence-corrected chi connectivity index (χ2v) is 5.49. The number of hydrogen-bond acceptors (Lipinski definition) is 4. The van der Waals surface area contributed by atoms with Crippen molar-refractivity contribution in [2.45, 2.75) is 31.5 Å². The Morgan fingerprint density at radius 2 is 2.08 bits per heavy atom. The Morgan fingerprint density at radius 3 is 2.72 bits per heavy atom. The predicted molar refractivity (Wildman–Crippen MR) is 83.4 cm³/mol. The number of phenolic OH excluding ortho intramolecular Hbond substituents is 1. The summed E-state index contributed by atoms with van der Waals surface area (Å²) in [7, 11) is 0. The van der Waals surface area contributed by atoms with E-state index in [2.05, 4.69) is 15.4 Å². The van der Waals surface area contributed by atoms with Crippen LogP contribution in [0.3, 0.4) is 0 Å². The Kier molecular flexibility index (Phi) is 5.89. The number of benzene rings is 1. The summed E-state index contributed by atoms with van der Waals surface area (Å²) in [6.45, 7) is -1.72. The van der Waals surface area contributed by atoms with E-state index in [4.69, 9.17) is 0 Å². The highest BCUT2D eigenvalue weighted by Crippen LogP contribution is 2.23. The molecule has 0 fully saturated rings. The minimum atomic E-state index is -4.63. The van der Waals surface area contributed by atoms with Gasteiger partial charge in [-0.15, -0.1) is 0 Å². The third-order valence-corrected chi connectivity index (χ3v) is 3.43. The number of allylic oxidation sites excluding steroid dienone is 1. The van der Waals surface area contributed by atoms with E-state index >= 15 is 0 Å². The van der Waals surface area contributed by atoms with Crippen molar-refractivity contribution in [3.05, 3.63) is 35.9 Å². The molecule has 2 rings (SSSR count). The molecule has 136 valence electrons. The number of anilines is 1. The van der Waals surface area contributed by atoms with Gasteiger partial charge in [-0.05, 0) is 37.5 Å². The van der Waals surface area contributed by atoms with E-state index in [0.29, 0.717) is 0 Å². The fraction of sp³-hybridized carbons (Fsp3) is 0.375. The molecule has 0 aliphatic heterocycles. The third kappa shape index (κ3) is 6.02. The second-order valence-electron chi connectivity index (χ2n) is 5.49. The Labute approximate surface area is 141 Å². The summed E-state index contributed by atoms with van der Waals surface area (Å²) in [6.07, 6.45) is 0.495. The first-order chi connectivity index (χ1) is 11.7. The summed E-state index contributed by atoms with van der Waals surface area (Å²) in [5, 5.41) is 14.6. The number of hydrogen-bond donors (Lipinski definition) is 3. The summed E-state index contributed by atoms with van der Waals surface area (Å²) in [4.78, 5) is 23.6. The van der Waals surface area contributed by atoms with Crippen LogP contribution in [0.2, 0.25) is 0 Å². The largest absolute Gasteiger partial charge is 0.507 e. The molecule has 1 aliphatic rings. The normalized spacial score (nSPS) is 17.0. The lowest BCUT2D eigenvalue weighted by atomic mass is 10.0. The van der Waals surface area contributed by atoms with Crippen molar-refractivity contribution in [1.29, 1.82) is 0 Å². The zero-order valence-corrected chi connectivity index (χ0v) is 13.1. The van der Waals surface area contributed by atoms with Gasteiger partial charge in [-0.3, -0.25) is 10.1 Å². The summed E-state index contributed by atoms with van der Waals surface area (Å²) in [5.74, 6) is -0.868. The number of aromatic hydroxyl groups is 1. The van der Waals surface area contributed by atoms with Gasteiger partial charge in [0.2, 0.25) is 0 Å². The molecule has 0 saturated carbocycles. The van der Waals surface area contributed by atoms with Gasteiger partial charge in [-0.1, -0.05) is 12.2 Å². The molecule has 0 saturated heterocycles. The van der Waals surface area contributed by atoms with E-state index < -0.39 is 24.8 Å². The molecule has 3 N–H and O–H groups in total. The molecule has 0 radical (unpaired) electrons. The summed E-state index contributed by atoms with van der Waals surface area (Å²) < 4.78 is 40.0. The maximum Gasteiger partial charge on any atom is 0.422 e. The molecule has 6 nitrogen and oxygen atoms in total. The number of halogens is 3. The van der Waals surface area contributed by atoms with Crippen LogP contribution in [0, 0.1) is 0 Å². The third-order valence-electron chi connectivity index (χ3n) is 3.43. The summed E-state index contributed by atoms with van der Waals surface area (Å²) >= 11 is 0. The maximum absolute atomic E-state index is 12.2. The molecule has 0 heterocycles. The van der Waals surface area contributed by atoms with Gasteiger partial charge in [-0.2, -0.15) is 13.2 Å². The molecule has 0 aromatic heterocycles. The van der Waals surface area contributed by atoms with E-state index in [1.807, 2.05) is 12.2 Å². The van der Waals surface area contributed by atoms with Crippen molar-refractivity contribution in [3.63, 3.8) is 0 Å². The van der Waals surface area contributed by atoms with Gasteiger partial charge in [0.25, 0.3) is 5.91 Å². The fourth-order valence-corrected chi connectivity index (χ4v) is 2.28. The van der Waals surface area contributed by atoms with Crippen LogP contribution in [0.25, 0.3) is 0 Å². The van der Waals surface area contributed by atoms with Crippen molar-refractivity contribution in [2.24, 2.45) is 0 Å². The van der Waals surface area contributed by atoms with E-state index in [9.17, 15) is 27.9 Å². The molecule has 25 heavy (non-hydrogen) atoms. The SMILES string of the molecule is O=C(Nc1ccc(O)c(C(=O)N[C@@H]2C=CCCC2)c1)OCC(F)(F)F. The van der Waals surface area contributed by atoms with Crippen LogP contribution in [0.1, 0.15) is 29.6 Å². The monoisotopic (exact) mass is 358 g/mol. The highest BCUT2D eigenvalue weighted by molar-refractivity contribution is 5.99. The van der Waals surface area contributed by atoms with Crippen LogP contribution >= 0.6 is 0 Å². The lowest BCUT2D eigenvalue weighted by Gasteiger charge is -2.18. The molecule has 1 aromatic rings. The van der Waals surface area contributed by atoms with Gasteiger partial charge in [0, 0.05) is 11.7 Å². The highest BCUT2D eigenvalue weighted by atomic mass is 19.4. The first kappa shape index (κ1) is 18.6. The molecule has 0 bridgehead atoms. The standard InChI is InChI=1S/C16H17F3N2O4/c17-16(18,19)9-25-15(24)21-11-6-7-13(22)12(8-11)14(23)20-10-4-2-1-3-5-10/h2,4,6-8,10,22H,1,3,5,9H2,(H,20,23)(H,21,24)/t10-/m1/s1. The van der Waals surface area contributed by atoms with Gasteiger partial charge < -0.3 is 15.2 Å². The van der Waals surface area contributed by atoms with Gasteiger partial charge in [0.1, 0.15) is 5.75 Å². The number of carbonyl (C=O) groups excluding carboxylic acids is 2. The van der Waals surface area contributed by atoms with Crippen molar-refractivity contribution >= 4 is 17.7 Å². The number of carbonyl (C=O) groups is 2. The summed E-state index contributed by atoms with van der Waals surface area (Å²) in [6, 6.07) is 3.40. The second kappa shape index (κ2) is 7.91. The molecular weight excluding hydrogens is 341 g/mol. The van der Waals surface area contributed by atoms with Crippen molar-refractivity contribution in [1.82, 2.24) is 5.32 Å². The Morgan fingerprint density at radius 1 is 1.32 bits per heavy atom. The lowest BCUT2D eigenvalue weighted by Crippen LogP contribution is -2.34. The van der Waals surface area contributed by atoms with E-state index in [0.717, 1.165) is 31.4 Å². The first-order valence-corrected chi connectivity index (χ1v) is 7.56. The molecule has 1 aromatic carbocycles. The lowest BCUT2D eigenvalue weighted by molar-refractivity contribution is -0.159. The van der Waals surface area contributed by atoms with Crippen LogP contribution in [0.5, 0.6) is 5.75 Å². The van der Waals surface area contributed by atoms with Crippen LogP contribution in [0.4, 0.5) is 23.7 Å². The number of phenols is 1. The van der Waals surface area contributed by atoms with E-state index in [1.165, 1.54) is 6.07 Å². The van der Waals surface area contributed by atoms with Crippen LogP contribution in [-0.2, 0) is 4.74 Å². The van der Waals surface area contributed by atoms with E-state index in [-0.39, 0.29) is 23.0 Å². The smallest absolute Gasteiger partial charge is 0.422 e. The zero-order chi connectivity index (χ0) is 18.4. The topological polar surface area (TPSA) is 87.7 Å². The fourth-order valence-electron chi connectivity index (χ4n) is 2.28. The molecule has 9 heteroatoms. The molecule has 1 aliphatic carbocycles. The van der Waals surface area contributed by atoms with Crippen molar-refractivity contribution in [3.8, 4) is 5.75 Å². The minimum Gasteiger partial charge on any atom is -0.507 e. The Balaban J connectivity index is 2.01. The highest BCUT2D eigenvalue weighted by Gasteiger charge is 2.29. The van der Waals surface area contributed by atoms with Crippen LogP contribution in [0.15, 0.2) is 30.4 Å². The number of alkyl halides is 3. The predicted octanol–water partition coefficient (Wildman–Crippen LogP) is 3.34. The number of rotatable bonds is 4. The van der Waals surface area contributed by atoms with E-state index in [1.54, 1.807) is 0 Å². The zero-order valence-electron chi connectivity index (χ0n) is 13.1. The Bertz CT molecular complexity index is 674. The van der Waals surface area contributed by atoms with Crippen molar-refractivity contribution < 1.29 is 32.6 Å². The molecule has 0 spiro atoms. The number of nitrogens with one attached hydrogen (secondary N) is 2. The van der Waals surface area contributed by atoms with Gasteiger partial charge >= 0.3 is 12.3 Å². The minimum absolute atomic E-state index is 0.0225. The van der Waals surface area contributed by atoms with Gasteiger partial charge in [0.05, 0.1) is 5.56 Å².